The highest BCUT2D eigenvalue weighted by Gasteiger charge is 2.06. The third kappa shape index (κ3) is 4.17. The first kappa shape index (κ1) is 11.6. The predicted octanol–water partition coefficient (Wildman–Crippen LogP) is 1.75. The smallest absolute Gasteiger partial charge is 0.0943 e. The molecule has 0 saturated heterocycles. The summed E-state index contributed by atoms with van der Waals surface area (Å²) in [7, 11) is 0. The zero-order valence-corrected chi connectivity index (χ0v) is 9.64. The van der Waals surface area contributed by atoms with Gasteiger partial charge in [-0.15, -0.1) is 11.3 Å². The molecule has 0 bridgehead atoms. The van der Waals surface area contributed by atoms with Gasteiger partial charge in [-0.05, 0) is 20.3 Å². The van der Waals surface area contributed by atoms with Gasteiger partial charge in [-0.2, -0.15) is 0 Å². The minimum absolute atomic E-state index is 0.173. The van der Waals surface area contributed by atoms with E-state index in [1.165, 1.54) is 0 Å². The number of hydrogen-bond donors (Lipinski definition) is 1. The first-order valence-corrected chi connectivity index (χ1v) is 5.84. The lowest BCUT2D eigenvalue weighted by molar-refractivity contribution is 0.140. The Bertz CT molecular complexity index is 262. The van der Waals surface area contributed by atoms with Crippen molar-refractivity contribution < 1.29 is 4.74 Å². The number of nitrogens with zero attached hydrogens (tertiary/aromatic N) is 1. The van der Waals surface area contributed by atoms with Crippen LogP contribution in [0.15, 0.2) is 5.38 Å². The summed E-state index contributed by atoms with van der Waals surface area (Å²) in [6, 6.07) is 0.173. The average Bonchev–Trinajstić information content (AvgIpc) is 2.52. The van der Waals surface area contributed by atoms with Gasteiger partial charge in [-0.25, -0.2) is 4.98 Å². The first-order chi connectivity index (χ1) is 6.72. The fourth-order valence-electron chi connectivity index (χ4n) is 1.20. The van der Waals surface area contributed by atoms with Crippen molar-refractivity contribution >= 4 is 11.3 Å². The van der Waals surface area contributed by atoms with Crippen LogP contribution in [0, 0.1) is 6.92 Å². The molecule has 1 unspecified atom stereocenters. The van der Waals surface area contributed by atoms with E-state index in [9.17, 15) is 0 Å². The molecule has 1 aromatic rings. The molecule has 0 aliphatic carbocycles. The van der Waals surface area contributed by atoms with Crippen LogP contribution in [0.25, 0.3) is 0 Å². The Balaban J connectivity index is 2.23. The molecule has 4 heteroatoms. The number of hydrogen-bond acceptors (Lipinski definition) is 4. The number of nitrogens with two attached hydrogens (primary N) is 1. The lowest BCUT2D eigenvalue weighted by Crippen LogP contribution is -2.24. The standard InChI is InChI=1S/C10H18N2OS/c1-3-13-5-4-9(11)6-10-12-8(2)7-14-10/h7,9H,3-6,11H2,1-2H3. The van der Waals surface area contributed by atoms with Gasteiger partial charge in [0.15, 0.2) is 0 Å². The number of aromatic nitrogens is 1. The molecule has 0 aliphatic heterocycles. The molecule has 0 aliphatic rings. The number of ether oxygens (including phenoxy) is 1. The molecule has 0 saturated carbocycles. The molecule has 1 aromatic heterocycles. The average molecular weight is 214 g/mol. The van der Waals surface area contributed by atoms with Crippen LogP contribution < -0.4 is 5.73 Å². The van der Waals surface area contributed by atoms with E-state index >= 15 is 0 Å². The van der Waals surface area contributed by atoms with Gasteiger partial charge in [0, 0.05) is 36.8 Å². The van der Waals surface area contributed by atoms with E-state index in [0.29, 0.717) is 0 Å². The normalized spacial score (nSPS) is 13.1. The molecule has 14 heavy (non-hydrogen) atoms. The molecule has 0 amide bonds. The van der Waals surface area contributed by atoms with Gasteiger partial charge in [-0.3, -0.25) is 0 Å². The third-order valence-electron chi connectivity index (χ3n) is 1.94. The van der Waals surface area contributed by atoms with Gasteiger partial charge in [0.05, 0.1) is 5.01 Å². The molecule has 1 heterocycles. The van der Waals surface area contributed by atoms with Gasteiger partial charge in [0.2, 0.25) is 0 Å². The Kier molecular flexibility index (Phi) is 5.07. The van der Waals surface area contributed by atoms with Crippen LogP contribution in [0.5, 0.6) is 0 Å². The monoisotopic (exact) mass is 214 g/mol. The minimum atomic E-state index is 0.173. The molecule has 1 rings (SSSR count). The number of aryl methyl sites for hydroxylation is 1. The van der Waals surface area contributed by atoms with Crippen LogP contribution in [0.2, 0.25) is 0 Å². The summed E-state index contributed by atoms with van der Waals surface area (Å²) in [5.74, 6) is 0. The van der Waals surface area contributed by atoms with Gasteiger partial charge in [0.25, 0.3) is 0 Å². The van der Waals surface area contributed by atoms with E-state index in [-0.39, 0.29) is 6.04 Å². The zero-order chi connectivity index (χ0) is 10.4. The minimum Gasteiger partial charge on any atom is -0.382 e. The van der Waals surface area contributed by atoms with Gasteiger partial charge in [-0.1, -0.05) is 0 Å². The van der Waals surface area contributed by atoms with Gasteiger partial charge >= 0.3 is 0 Å². The molecular weight excluding hydrogens is 196 g/mol. The van der Waals surface area contributed by atoms with Crippen LogP contribution in [0.1, 0.15) is 24.0 Å². The summed E-state index contributed by atoms with van der Waals surface area (Å²) in [6.45, 7) is 5.52. The molecule has 1 atom stereocenters. The summed E-state index contributed by atoms with van der Waals surface area (Å²) in [6.07, 6.45) is 1.78. The van der Waals surface area contributed by atoms with Crippen LogP contribution in [0.4, 0.5) is 0 Å². The first-order valence-electron chi connectivity index (χ1n) is 4.96. The van der Waals surface area contributed by atoms with Crippen LogP contribution in [0.3, 0.4) is 0 Å². The van der Waals surface area contributed by atoms with E-state index in [2.05, 4.69) is 10.4 Å². The Labute approximate surface area is 89.3 Å². The Morgan fingerprint density at radius 2 is 2.43 bits per heavy atom. The lowest BCUT2D eigenvalue weighted by atomic mass is 10.2. The van der Waals surface area contributed by atoms with E-state index in [1.807, 2.05) is 13.8 Å². The van der Waals surface area contributed by atoms with Crippen molar-refractivity contribution in [2.24, 2.45) is 5.73 Å². The summed E-state index contributed by atoms with van der Waals surface area (Å²) in [5.41, 5.74) is 7.03. The van der Waals surface area contributed by atoms with Crippen molar-refractivity contribution in [2.45, 2.75) is 32.7 Å². The highest BCUT2D eigenvalue weighted by atomic mass is 32.1. The van der Waals surface area contributed by atoms with E-state index in [4.69, 9.17) is 10.5 Å². The maximum Gasteiger partial charge on any atom is 0.0943 e. The molecule has 80 valence electrons. The predicted molar refractivity (Wildman–Crippen MR) is 59.6 cm³/mol. The van der Waals surface area contributed by atoms with Crippen molar-refractivity contribution in [3.8, 4) is 0 Å². The maximum atomic E-state index is 5.94. The Morgan fingerprint density at radius 3 is 3.00 bits per heavy atom. The van der Waals surface area contributed by atoms with E-state index in [0.717, 1.165) is 36.8 Å². The van der Waals surface area contributed by atoms with Gasteiger partial charge in [0.1, 0.15) is 0 Å². The molecule has 0 radical (unpaired) electrons. The number of rotatable bonds is 6. The van der Waals surface area contributed by atoms with Crippen molar-refractivity contribution in [1.82, 2.24) is 4.98 Å². The largest absolute Gasteiger partial charge is 0.382 e. The van der Waals surface area contributed by atoms with Crippen molar-refractivity contribution in [3.63, 3.8) is 0 Å². The fourth-order valence-corrected chi connectivity index (χ4v) is 2.07. The van der Waals surface area contributed by atoms with Crippen molar-refractivity contribution in [3.05, 3.63) is 16.1 Å². The summed E-state index contributed by atoms with van der Waals surface area (Å²) < 4.78 is 5.25. The maximum absolute atomic E-state index is 5.94. The summed E-state index contributed by atoms with van der Waals surface area (Å²) in [4.78, 5) is 4.38. The van der Waals surface area contributed by atoms with Gasteiger partial charge < -0.3 is 10.5 Å². The molecule has 0 aromatic carbocycles. The second-order valence-electron chi connectivity index (χ2n) is 3.33. The lowest BCUT2D eigenvalue weighted by Gasteiger charge is -2.08. The molecular formula is C10H18N2OS. The third-order valence-corrected chi connectivity index (χ3v) is 2.93. The van der Waals surface area contributed by atoms with E-state index in [1.54, 1.807) is 11.3 Å². The molecule has 0 fully saturated rings. The molecule has 3 nitrogen and oxygen atoms in total. The molecule has 2 N–H and O–H groups in total. The van der Waals surface area contributed by atoms with Crippen LogP contribution in [-0.2, 0) is 11.2 Å². The Hall–Kier alpha value is -0.450. The second-order valence-corrected chi connectivity index (χ2v) is 4.28. The fraction of sp³-hybridized carbons (Fsp3) is 0.700. The highest BCUT2D eigenvalue weighted by molar-refractivity contribution is 7.09. The second kappa shape index (κ2) is 6.11. The van der Waals surface area contributed by atoms with Crippen LogP contribution >= 0.6 is 11.3 Å². The summed E-state index contributed by atoms with van der Waals surface area (Å²) >= 11 is 1.69. The summed E-state index contributed by atoms with van der Waals surface area (Å²) in [5, 5.41) is 3.19. The van der Waals surface area contributed by atoms with Crippen molar-refractivity contribution in [1.29, 1.82) is 0 Å². The van der Waals surface area contributed by atoms with Crippen molar-refractivity contribution in [2.75, 3.05) is 13.2 Å². The quantitative estimate of drug-likeness (QED) is 0.734. The highest BCUT2D eigenvalue weighted by Crippen LogP contribution is 2.11. The Morgan fingerprint density at radius 1 is 1.64 bits per heavy atom. The van der Waals surface area contributed by atoms with Crippen LogP contribution in [-0.4, -0.2) is 24.2 Å². The SMILES string of the molecule is CCOCCC(N)Cc1nc(C)cs1. The zero-order valence-electron chi connectivity index (χ0n) is 8.82. The topological polar surface area (TPSA) is 48.1 Å². The number of thiazole rings is 1. The molecule has 0 spiro atoms. The van der Waals surface area contributed by atoms with E-state index < -0.39 is 0 Å².